The fourth-order valence-electron chi connectivity index (χ4n) is 2.86. The van der Waals surface area contributed by atoms with Crippen molar-refractivity contribution in [3.05, 3.63) is 29.8 Å². The molecule has 0 saturated heterocycles. The first kappa shape index (κ1) is 15.2. The zero-order valence-electron chi connectivity index (χ0n) is 11.9. The number of hydrogen-bond acceptors (Lipinski definition) is 2. The van der Waals surface area contributed by atoms with Crippen LogP contribution >= 0.6 is 0 Å². The van der Waals surface area contributed by atoms with Crippen molar-refractivity contribution < 1.29 is 13.5 Å². The monoisotopic (exact) mass is 283 g/mol. The Morgan fingerprint density at radius 3 is 2.50 bits per heavy atom. The summed E-state index contributed by atoms with van der Waals surface area (Å²) in [6.07, 6.45) is 7.61. The molecule has 1 aromatic rings. The van der Waals surface area contributed by atoms with Crippen LogP contribution in [0.4, 0.5) is 8.78 Å². The number of rotatable bonds is 5. The third-order valence-corrected chi connectivity index (χ3v) is 3.92. The van der Waals surface area contributed by atoms with Gasteiger partial charge in [-0.3, -0.25) is 0 Å². The molecule has 2 nitrogen and oxygen atoms in total. The van der Waals surface area contributed by atoms with Gasteiger partial charge in [-0.1, -0.05) is 37.8 Å². The van der Waals surface area contributed by atoms with E-state index in [0.717, 1.165) is 5.56 Å². The van der Waals surface area contributed by atoms with Gasteiger partial charge in [0.1, 0.15) is 5.75 Å². The number of ether oxygens (including phenoxy) is 1. The van der Waals surface area contributed by atoms with E-state index in [4.69, 9.17) is 0 Å². The van der Waals surface area contributed by atoms with E-state index >= 15 is 0 Å². The third-order valence-electron chi connectivity index (χ3n) is 3.92. The fraction of sp³-hybridized carbons (Fsp3) is 0.625. The highest BCUT2D eigenvalue weighted by atomic mass is 19.3. The molecule has 4 heteroatoms. The lowest BCUT2D eigenvalue weighted by molar-refractivity contribution is -0.0499. The van der Waals surface area contributed by atoms with Crippen molar-refractivity contribution in [2.45, 2.75) is 64.1 Å². The SMILES string of the molecule is CC(NC1CCCCCC1)c1cccc(OC(F)F)c1. The maximum absolute atomic E-state index is 12.2. The van der Waals surface area contributed by atoms with E-state index in [1.165, 1.54) is 38.5 Å². The molecule has 1 aliphatic rings. The number of alkyl halides is 2. The Morgan fingerprint density at radius 2 is 1.85 bits per heavy atom. The van der Waals surface area contributed by atoms with E-state index in [-0.39, 0.29) is 11.8 Å². The maximum Gasteiger partial charge on any atom is 0.387 e. The van der Waals surface area contributed by atoms with Gasteiger partial charge in [-0.2, -0.15) is 8.78 Å². The van der Waals surface area contributed by atoms with Crippen LogP contribution in [0.25, 0.3) is 0 Å². The minimum Gasteiger partial charge on any atom is -0.435 e. The first-order valence-corrected chi connectivity index (χ1v) is 7.46. The van der Waals surface area contributed by atoms with Gasteiger partial charge in [0.15, 0.2) is 0 Å². The lowest BCUT2D eigenvalue weighted by Gasteiger charge is -2.22. The summed E-state index contributed by atoms with van der Waals surface area (Å²) in [6, 6.07) is 7.66. The Morgan fingerprint density at radius 1 is 1.15 bits per heavy atom. The van der Waals surface area contributed by atoms with Gasteiger partial charge in [-0.25, -0.2) is 0 Å². The molecule has 20 heavy (non-hydrogen) atoms. The van der Waals surface area contributed by atoms with Gasteiger partial charge < -0.3 is 10.1 Å². The number of halogens is 2. The van der Waals surface area contributed by atoms with Crippen LogP contribution in [-0.2, 0) is 0 Å². The number of nitrogens with one attached hydrogen (secondary N) is 1. The predicted octanol–water partition coefficient (Wildman–Crippen LogP) is 4.66. The summed E-state index contributed by atoms with van der Waals surface area (Å²) in [5.41, 5.74) is 0.993. The van der Waals surface area contributed by atoms with Gasteiger partial charge in [0, 0.05) is 12.1 Å². The van der Waals surface area contributed by atoms with Crippen LogP contribution < -0.4 is 10.1 Å². The smallest absolute Gasteiger partial charge is 0.387 e. The molecule has 0 spiro atoms. The highest BCUT2D eigenvalue weighted by molar-refractivity contribution is 5.30. The highest BCUT2D eigenvalue weighted by Gasteiger charge is 2.16. The molecular formula is C16H23F2NO. The summed E-state index contributed by atoms with van der Waals surface area (Å²) in [4.78, 5) is 0. The van der Waals surface area contributed by atoms with Gasteiger partial charge in [-0.05, 0) is 37.5 Å². The molecule has 0 radical (unpaired) electrons. The molecule has 112 valence electrons. The predicted molar refractivity (Wildman–Crippen MR) is 76.1 cm³/mol. The summed E-state index contributed by atoms with van der Waals surface area (Å²) in [7, 11) is 0. The second-order valence-electron chi connectivity index (χ2n) is 5.53. The lowest BCUT2D eigenvalue weighted by Crippen LogP contribution is -2.31. The molecule has 0 heterocycles. The Bertz CT molecular complexity index is 403. The van der Waals surface area contributed by atoms with Crippen molar-refractivity contribution in [3.63, 3.8) is 0 Å². The molecule has 1 aliphatic carbocycles. The molecule has 0 bridgehead atoms. The number of benzene rings is 1. The molecule has 1 unspecified atom stereocenters. The quantitative estimate of drug-likeness (QED) is 0.793. The summed E-state index contributed by atoms with van der Waals surface area (Å²) in [6.45, 7) is -0.692. The third kappa shape index (κ3) is 4.75. The average Bonchev–Trinajstić information content (AvgIpc) is 2.67. The maximum atomic E-state index is 12.2. The fourth-order valence-corrected chi connectivity index (χ4v) is 2.86. The summed E-state index contributed by atoms with van der Waals surface area (Å²) in [5, 5.41) is 3.61. The zero-order valence-corrected chi connectivity index (χ0v) is 11.9. The molecule has 1 fully saturated rings. The lowest BCUT2D eigenvalue weighted by atomic mass is 10.0. The van der Waals surface area contributed by atoms with Crippen LogP contribution in [0.15, 0.2) is 24.3 Å². The van der Waals surface area contributed by atoms with Crippen molar-refractivity contribution in [3.8, 4) is 5.75 Å². The molecule has 1 atom stereocenters. The van der Waals surface area contributed by atoms with E-state index in [2.05, 4.69) is 17.0 Å². The molecule has 0 aliphatic heterocycles. The van der Waals surface area contributed by atoms with Crippen LogP contribution in [0.1, 0.15) is 57.1 Å². The Hall–Kier alpha value is -1.16. The Kier molecular flexibility index (Phi) is 5.77. The van der Waals surface area contributed by atoms with Gasteiger partial charge in [0.25, 0.3) is 0 Å². The van der Waals surface area contributed by atoms with Gasteiger partial charge in [-0.15, -0.1) is 0 Å². The Labute approximate surface area is 119 Å². The molecule has 1 aromatic carbocycles. The highest BCUT2D eigenvalue weighted by Crippen LogP contribution is 2.24. The van der Waals surface area contributed by atoms with Crippen molar-refractivity contribution in [1.82, 2.24) is 5.32 Å². The van der Waals surface area contributed by atoms with E-state index < -0.39 is 6.61 Å². The standard InChI is InChI=1S/C16H23F2NO/c1-12(19-14-8-4-2-3-5-9-14)13-7-6-10-15(11-13)20-16(17)18/h6-7,10-12,14,16,19H,2-5,8-9H2,1H3. The van der Waals surface area contributed by atoms with Crippen molar-refractivity contribution in [2.24, 2.45) is 0 Å². The van der Waals surface area contributed by atoms with Crippen LogP contribution in [0.2, 0.25) is 0 Å². The average molecular weight is 283 g/mol. The first-order valence-electron chi connectivity index (χ1n) is 7.46. The van der Waals surface area contributed by atoms with Crippen molar-refractivity contribution in [2.75, 3.05) is 0 Å². The van der Waals surface area contributed by atoms with E-state index in [1.54, 1.807) is 18.2 Å². The van der Waals surface area contributed by atoms with E-state index in [9.17, 15) is 8.78 Å². The van der Waals surface area contributed by atoms with Crippen LogP contribution in [0.5, 0.6) is 5.75 Å². The van der Waals surface area contributed by atoms with Crippen LogP contribution in [0.3, 0.4) is 0 Å². The molecule has 1 N–H and O–H groups in total. The summed E-state index contributed by atoms with van der Waals surface area (Å²) < 4.78 is 28.9. The molecular weight excluding hydrogens is 260 g/mol. The largest absolute Gasteiger partial charge is 0.435 e. The van der Waals surface area contributed by atoms with E-state index in [1.807, 2.05) is 6.07 Å². The number of hydrogen-bond donors (Lipinski definition) is 1. The van der Waals surface area contributed by atoms with Crippen LogP contribution in [0, 0.1) is 0 Å². The second-order valence-corrected chi connectivity index (χ2v) is 5.53. The normalized spacial score (nSPS) is 18.8. The van der Waals surface area contributed by atoms with Crippen LogP contribution in [-0.4, -0.2) is 12.7 Å². The molecule has 0 amide bonds. The molecule has 2 rings (SSSR count). The molecule has 0 aromatic heterocycles. The van der Waals surface area contributed by atoms with Gasteiger partial charge in [0.05, 0.1) is 0 Å². The minimum absolute atomic E-state index is 0.152. The van der Waals surface area contributed by atoms with E-state index in [0.29, 0.717) is 6.04 Å². The topological polar surface area (TPSA) is 21.3 Å². The summed E-state index contributed by atoms with van der Waals surface area (Å²) in [5.74, 6) is 0.229. The zero-order chi connectivity index (χ0) is 14.4. The van der Waals surface area contributed by atoms with Crippen molar-refractivity contribution >= 4 is 0 Å². The van der Waals surface area contributed by atoms with Crippen molar-refractivity contribution in [1.29, 1.82) is 0 Å². The minimum atomic E-state index is -2.77. The summed E-state index contributed by atoms with van der Waals surface area (Å²) >= 11 is 0. The molecule has 1 saturated carbocycles. The van der Waals surface area contributed by atoms with Gasteiger partial charge >= 0.3 is 6.61 Å². The first-order chi connectivity index (χ1) is 9.65. The van der Waals surface area contributed by atoms with Gasteiger partial charge in [0.2, 0.25) is 0 Å². The Balaban J connectivity index is 1.95. The second kappa shape index (κ2) is 7.58.